The number of nitrogens with one attached hydrogen (secondary N) is 1. The van der Waals surface area contributed by atoms with E-state index in [9.17, 15) is 23.1 Å². The monoisotopic (exact) mass is 318 g/mol. The van der Waals surface area contributed by atoms with Crippen LogP contribution in [-0.4, -0.2) is 48.0 Å². The predicted molar refractivity (Wildman–Crippen MR) is 73.9 cm³/mol. The minimum atomic E-state index is -4.45. The zero-order valence-corrected chi connectivity index (χ0v) is 12.0. The number of nitrogens with zero attached hydrogens (tertiary/aromatic N) is 1. The molecule has 0 radical (unpaired) electrons. The zero-order chi connectivity index (χ0) is 16.3. The summed E-state index contributed by atoms with van der Waals surface area (Å²) in [5.74, 6) is -0.0366. The Bertz CT molecular complexity index is 549. The molecule has 2 rings (SSSR count). The first kappa shape index (κ1) is 16.4. The molecule has 0 spiro atoms. The van der Waals surface area contributed by atoms with Gasteiger partial charge in [-0.3, -0.25) is 0 Å². The van der Waals surface area contributed by atoms with Crippen molar-refractivity contribution in [2.45, 2.75) is 25.6 Å². The van der Waals surface area contributed by atoms with Gasteiger partial charge in [0.1, 0.15) is 5.75 Å². The Labute approximate surface area is 125 Å². The average molecular weight is 318 g/mol. The highest BCUT2D eigenvalue weighted by atomic mass is 19.4. The number of benzene rings is 1. The maximum atomic E-state index is 12.3. The van der Waals surface area contributed by atoms with Crippen LogP contribution in [-0.2, 0) is 0 Å². The largest absolute Gasteiger partial charge is 0.482 e. The number of aliphatic hydroxyl groups excluding tert-OH is 1. The minimum absolute atomic E-state index is 0.0366. The number of aryl methyl sites for hydroxylation is 1. The van der Waals surface area contributed by atoms with Gasteiger partial charge in [-0.1, -0.05) is 6.07 Å². The summed E-state index contributed by atoms with van der Waals surface area (Å²) in [7, 11) is 0. The molecule has 2 N–H and O–H groups in total. The number of carbonyl (C=O) groups is 1. The number of alkyl halides is 3. The number of carbonyl (C=O) groups excluding carboxylic acids is 1. The first-order valence-corrected chi connectivity index (χ1v) is 6.79. The molecule has 0 saturated carbocycles. The van der Waals surface area contributed by atoms with E-state index in [2.05, 4.69) is 5.32 Å². The molecule has 0 unspecified atom stereocenters. The first-order chi connectivity index (χ1) is 10.2. The Balaban J connectivity index is 2.07. The molecule has 2 amide bonds. The summed E-state index contributed by atoms with van der Waals surface area (Å²) in [6, 6.07) is 4.11. The molecule has 5 nitrogen and oxygen atoms in total. The molecule has 1 aliphatic heterocycles. The maximum absolute atomic E-state index is 12.3. The van der Waals surface area contributed by atoms with Crippen LogP contribution in [0, 0.1) is 6.92 Å². The molecule has 8 heteroatoms. The van der Waals surface area contributed by atoms with E-state index in [4.69, 9.17) is 4.74 Å². The summed E-state index contributed by atoms with van der Waals surface area (Å²) in [5, 5.41) is 11.9. The van der Waals surface area contributed by atoms with E-state index in [1.807, 2.05) is 0 Å². The van der Waals surface area contributed by atoms with Crippen LogP contribution in [0.3, 0.4) is 0 Å². The summed E-state index contributed by atoms with van der Waals surface area (Å²) in [6.45, 7) is 0.888. The van der Waals surface area contributed by atoms with E-state index >= 15 is 0 Å². The van der Waals surface area contributed by atoms with Crippen LogP contribution in [0.2, 0.25) is 0 Å². The van der Waals surface area contributed by atoms with Crippen molar-refractivity contribution in [3.8, 4) is 5.75 Å². The fourth-order valence-corrected chi connectivity index (χ4v) is 2.13. The molecular weight excluding hydrogens is 301 g/mol. The number of urea groups is 1. The molecule has 1 aliphatic rings. The predicted octanol–water partition coefficient (Wildman–Crippen LogP) is 2.53. The SMILES string of the molecule is Cc1ccc(NC(=O)N2CC[C@H](O)C2)c(OCC(F)(F)F)c1. The van der Waals surface area contributed by atoms with E-state index in [0.29, 0.717) is 18.5 Å². The van der Waals surface area contributed by atoms with Gasteiger partial charge in [-0.05, 0) is 31.0 Å². The summed E-state index contributed by atoms with van der Waals surface area (Å²) in [5.41, 5.74) is 0.882. The quantitative estimate of drug-likeness (QED) is 0.900. The number of aliphatic hydroxyl groups is 1. The summed E-state index contributed by atoms with van der Waals surface area (Å²) >= 11 is 0. The highest BCUT2D eigenvalue weighted by Crippen LogP contribution is 2.28. The molecule has 1 aromatic carbocycles. The second kappa shape index (κ2) is 6.43. The molecule has 1 atom stereocenters. The lowest BCUT2D eigenvalue weighted by atomic mass is 10.2. The summed E-state index contributed by atoms with van der Waals surface area (Å²) < 4.78 is 41.6. The second-order valence-corrected chi connectivity index (χ2v) is 5.22. The normalized spacial score (nSPS) is 18.4. The molecular formula is C14H17F3N2O3. The van der Waals surface area contributed by atoms with Gasteiger partial charge in [0, 0.05) is 13.1 Å². The van der Waals surface area contributed by atoms with Gasteiger partial charge in [0.05, 0.1) is 11.8 Å². The smallest absolute Gasteiger partial charge is 0.422 e. The van der Waals surface area contributed by atoms with Crippen LogP contribution in [0.4, 0.5) is 23.7 Å². The average Bonchev–Trinajstić information content (AvgIpc) is 2.85. The van der Waals surface area contributed by atoms with Crippen molar-refractivity contribution in [3.63, 3.8) is 0 Å². The highest BCUT2D eigenvalue weighted by molar-refractivity contribution is 5.91. The number of rotatable bonds is 3. The summed E-state index contributed by atoms with van der Waals surface area (Å²) in [4.78, 5) is 13.4. The van der Waals surface area contributed by atoms with Crippen molar-refractivity contribution in [1.29, 1.82) is 0 Å². The third-order valence-corrected chi connectivity index (χ3v) is 3.22. The Morgan fingerprint density at radius 3 is 2.82 bits per heavy atom. The van der Waals surface area contributed by atoms with Gasteiger partial charge in [-0.15, -0.1) is 0 Å². The van der Waals surface area contributed by atoms with Crippen molar-refractivity contribution in [3.05, 3.63) is 23.8 Å². The van der Waals surface area contributed by atoms with Crippen molar-refractivity contribution in [2.75, 3.05) is 25.0 Å². The highest BCUT2D eigenvalue weighted by Gasteiger charge is 2.29. The molecule has 0 aliphatic carbocycles. The van der Waals surface area contributed by atoms with Crippen LogP contribution in [0.15, 0.2) is 18.2 Å². The van der Waals surface area contributed by atoms with Crippen molar-refractivity contribution in [2.24, 2.45) is 0 Å². The van der Waals surface area contributed by atoms with Gasteiger partial charge in [0.15, 0.2) is 6.61 Å². The molecule has 122 valence electrons. The molecule has 1 aromatic rings. The van der Waals surface area contributed by atoms with Crippen LogP contribution in [0.5, 0.6) is 5.75 Å². The number of hydrogen-bond donors (Lipinski definition) is 2. The van der Waals surface area contributed by atoms with E-state index in [-0.39, 0.29) is 18.0 Å². The standard InChI is InChI=1S/C14H17F3N2O3/c1-9-2-3-11(12(6-9)22-8-14(15,16)17)18-13(21)19-5-4-10(20)7-19/h2-3,6,10,20H,4-5,7-8H2,1H3,(H,18,21)/t10-/m0/s1. The lowest BCUT2D eigenvalue weighted by Gasteiger charge is -2.19. The number of β-amino-alcohol motifs (C(OH)–C–C–N with tert-alkyl or cyclic N) is 1. The van der Waals surface area contributed by atoms with E-state index in [1.165, 1.54) is 17.0 Å². The number of anilines is 1. The van der Waals surface area contributed by atoms with Gasteiger partial charge >= 0.3 is 12.2 Å². The Kier molecular flexibility index (Phi) is 4.80. The van der Waals surface area contributed by atoms with Gasteiger partial charge in [-0.25, -0.2) is 4.79 Å². The molecule has 0 bridgehead atoms. The van der Waals surface area contributed by atoms with Gasteiger partial charge in [0.2, 0.25) is 0 Å². The van der Waals surface area contributed by atoms with Crippen LogP contribution in [0.1, 0.15) is 12.0 Å². The van der Waals surface area contributed by atoms with Crippen molar-refractivity contribution in [1.82, 2.24) is 4.90 Å². The van der Waals surface area contributed by atoms with E-state index in [1.54, 1.807) is 13.0 Å². The molecule has 1 heterocycles. The van der Waals surface area contributed by atoms with E-state index in [0.717, 1.165) is 0 Å². The summed E-state index contributed by atoms with van der Waals surface area (Å²) in [6.07, 6.45) is -4.53. The van der Waals surface area contributed by atoms with Crippen LogP contribution < -0.4 is 10.1 Å². The fourth-order valence-electron chi connectivity index (χ4n) is 2.13. The Morgan fingerprint density at radius 2 is 2.23 bits per heavy atom. The second-order valence-electron chi connectivity index (χ2n) is 5.22. The fraction of sp³-hybridized carbons (Fsp3) is 0.500. The Hall–Kier alpha value is -1.96. The number of halogens is 3. The number of likely N-dealkylation sites (tertiary alicyclic amines) is 1. The zero-order valence-electron chi connectivity index (χ0n) is 12.0. The lowest BCUT2D eigenvalue weighted by molar-refractivity contribution is -0.153. The van der Waals surface area contributed by atoms with Crippen molar-refractivity contribution >= 4 is 11.7 Å². The molecule has 0 aromatic heterocycles. The maximum Gasteiger partial charge on any atom is 0.422 e. The third-order valence-electron chi connectivity index (χ3n) is 3.22. The van der Waals surface area contributed by atoms with E-state index < -0.39 is 24.9 Å². The van der Waals surface area contributed by atoms with Gasteiger partial charge in [-0.2, -0.15) is 13.2 Å². The van der Waals surface area contributed by atoms with Crippen LogP contribution >= 0.6 is 0 Å². The van der Waals surface area contributed by atoms with Gasteiger partial charge < -0.3 is 20.1 Å². The molecule has 22 heavy (non-hydrogen) atoms. The third kappa shape index (κ3) is 4.52. The number of hydrogen-bond acceptors (Lipinski definition) is 3. The minimum Gasteiger partial charge on any atom is -0.482 e. The molecule has 1 saturated heterocycles. The number of amides is 2. The number of ether oxygens (including phenoxy) is 1. The Morgan fingerprint density at radius 1 is 1.50 bits per heavy atom. The van der Waals surface area contributed by atoms with Gasteiger partial charge in [0.25, 0.3) is 0 Å². The topological polar surface area (TPSA) is 61.8 Å². The van der Waals surface area contributed by atoms with Crippen LogP contribution in [0.25, 0.3) is 0 Å². The van der Waals surface area contributed by atoms with Crippen molar-refractivity contribution < 1.29 is 27.8 Å². The molecule has 1 fully saturated rings. The first-order valence-electron chi connectivity index (χ1n) is 6.79. The lowest BCUT2D eigenvalue weighted by Crippen LogP contribution is -2.33.